The number of carbonyl (C=O) groups is 1. The molecule has 0 aliphatic heterocycles. The molecule has 0 rings (SSSR count). The maximum atomic E-state index is 12.9. The highest BCUT2D eigenvalue weighted by Gasteiger charge is 2.17. The van der Waals surface area contributed by atoms with Crippen molar-refractivity contribution in [1.29, 1.82) is 0 Å². The molecule has 1 atom stereocenters. The van der Waals surface area contributed by atoms with Gasteiger partial charge in [0.05, 0.1) is 0 Å². The largest absolute Gasteiger partial charge is 0.446 e. The molecule has 0 fully saturated rings. The van der Waals surface area contributed by atoms with Crippen molar-refractivity contribution in [2.75, 3.05) is 33.7 Å². The Hall–Kier alpha value is -1.81. The van der Waals surface area contributed by atoms with Crippen LogP contribution >= 0.6 is 0 Å². The molecule has 0 aromatic carbocycles. The Kier molecular flexibility index (Phi) is 38.5. The molecule has 0 aliphatic rings. The molecule has 0 bridgehead atoms. The summed E-state index contributed by atoms with van der Waals surface area (Å²) in [7, 11) is 4.03. The maximum absolute atomic E-state index is 12.9. The zero-order chi connectivity index (χ0) is 36.6. The monoisotopic (exact) mass is 699 g/mol. The second-order valence-corrected chi connectivity index (χ2v) is 14.8. The van der Waals surface area contributed by atoms with E-state index in [0.717, 1.165) is 64.6 Å². The Bertz CT molecular complexity index is 817. The minimum atomic E-state index is -0.135. The van der Waals surface area contributed by atoms with E-state index in [2.05, 4.69) is 81.3 Å². The second-order valence-electron chi connectivity index (χ2n) is 14.8. The lowest BCUT2D eigenvalue weighted by Gasteiger charge is -2.23. The molecule has 1 unspecified atom stereocenters. The number of ether oxygens (including phenoxy) is 1. The van der Waals surface area contributed by atoms with Crippen LogP contribution in [0.25, 0.3) is 0 Å². The number of allylic oxidation sites excluding steroid dienone is 8. The second kappa shape index (κ2) is 40.0. The van der Waals surface area contributed by atoms with Gasteiger partial charge in [0.1, 0.15) is 6.10 Å². The van der Waals surface area contributed by atoms with E-state index < -0.39 is 0 Å². The molecule has 0 aromatic heterocycles. The van der Waals surface area contributed by atoms with Crippen molar-refractivity contribution in [1.82, 2.24) is 9.80 Å². The molecule has 0 aromatic rings. The highest BCUT2D eigenvalue weighted by Crippen LogP contribution is 2.18. The maximum Gasteiger partial charge on any atom is 0.409 e. The first-order chi connectivity index (χ1) is 24.5. The fourth-order valence-corrected chi connectivity index (χ4v) is 6.22. The van der Waals surface area contributed by atoms with Crippen LogP contribution < -0.4 is 0 Å². The van der Waals surface area contributed by atoms with Gasteiger partial charge in [-0.15, -0.1) is 0 Å². The fraction of sp³-hybridized carbons (Fsp3) is 0.804. The van der Waals surface area contributed by atoms with Crippen molar-refractivity contribution in [2.24, 2.45) is 0 Å². The normalized spacial score (nSPS) is 12.8. The topological polar surface area (TPSA) is 32.8 Å². The van der Waals surface area contributed by atoms with E-state index in [-0.39, 0.29) is 12.2 Å². The zero-order valence-electron chi connectivity index (χ0n) is 34.3. The van der Waals surface area contributed by atoms with Gasteiger partial charge in [-0.25, -0.2) is 4.79 Å². The lowest BCUT2D eigenvalue weighted by molar-refractivity contribution is 0.0576. The van der Waals surface area contributed by atoms with E-state index in [1.54, 1.807) is 4.90 Å². The van der Waals surface area contributed by atoms with Crippen LogP contribution in [0, 0.1) is 0 Å². The third-order valence-electron chi connectivity index (χ3n) is 9.86. The first-order valence-corrected chi connectivity index (χ1v) is 21.7. The van der Waals surface area contributed by atoms with Crippen LogP contribution in [-0.2, 0) is 4.74 Å². The number of nitrogens with zero attached hydrogens (tertiary/aromatic N) is 2. The molecule has 0 radical (unpaired) electrons. The molecule has 0 aliphatic carbocycles. The van der Waals surface area contributed by atoms with Gasteiger partial charge < -0.3 is 14.5 Å². The summed E-state index contributed by atoms with van der Waals surface area (Å²) >= 11 is 0. The molecule has 0 heterocycles. The van der Waals surface area contributed by atoms with Crippen molar-refractivity contribution in [3.8, 4) is 0 Å². The van der Waals surface area contributed by atoms with Crippen LogP contribution in [0.3, 0.4) is 0 Å². The summed E-state index contributed by atoms with van der Waals surface area (Å²) in [6.07, 6.45) is 53.4. The summed E-state index contributed by atoms with van der Waals surface area (Å²) in [4.78, 5) is 17.0. The first-order valence-electron chi connectivity index (χ1n) is 21.7. The average molecular weight is 699 g/mol. The van der Waals surface area contributed by atoms with Gasteiger partial charge >= 0.3 is 6.09 Å². The number of hydrogen-bond acceptors (Lipinski definition) is 3. The number of rotatable bonds is 37. The number of amides is 1. The Morgan fingerprint density at radius 1 is 0.480 bits per heavy atom. The smallest absolute Gasteiger partial charge is 0.409 e. The van der Waals surface area contributed by atoms with Gasteiger partial charge in [-0.1, -0.05) is 153 Å². The Balaban J connectivity index is 4.22. The van der Waals surface area contributed by atoms with E-state index in [1.165, 1.54) is 135 Å². The van der Waals surface area contributed by atoms with Gasteiger partial charge in [-0.2, -0.15) is 0 Å². The molecule has 50 heavy (non-hydrogen) atoms. The highest BCUT2D eigenvalue weighted by atomic mass is 16.6. The van der Waals surface area contributed by atoms with Crippen LogP contribution in [0.4, 0.5) is 4.79 Å². The summed E-state index contributed by atoms with van der Waals surface area (Å²) in [5.74, 6) is 0. The molecular formula is C46H86N2O2. The lowest BCUT2D eigenvalue weighted by Crippen LogP contribution is -2.33. The van der Waals surface area contributed by atoms with Crippen LogP contribution in [0.2, 0.25) is 0 Å². The number of carbonyl (C=O) groups excluding carboxylic acids is 1. The number of unbranched alkanes of at least 4 members (excludes halogenated alkanes) is 19. The molecule has 4 nitrogen and oxygen atoms in total. The Morgan fingerprint density at radius 3 is 1.30 bits per heavy atom. The summed E-state index contributed by atoms with van der Waals surface area (Å²) < 4.78 is 6.10. The summed E-state index contributed by atoms with van der Waals surface area (Å²) in [6, 6.07) is 0. The quantitative estimate of drug-likeness (QED) is 0.0478. The van der Waals surface area contributed by atoms with Crippen molar-refractivity contribution < 1.29 is 9.53 Å². The molecular weight excluding hydrogens is 613 g/mol. The molecule has 0 saturated carbocycles. The molecule has 0 spiro atoms. The number of hydrogen-bond donors (Lipinski definition) is 0. The van der Waals surface area contributed by atoms with Gasteiger partial charge in [-0.05, 0) is 116 Å². The molecule has 0 N–H and O–H groups in total. The third-order valence-corrected chi connectivity index (χ3v) is 9.86. The van der Waals surface area contributed by atoms with Crippen LogP contribution in [0.1, 0.15) is 201 Å². The molecule has 292 valence electrons. The van der Waals surface area contributed by atoms with Crippen molar-refractivity contribution in [3.63, 3.8) is 0 Å². The van der Waals surface area contributed by atoms with Gasteiger partial charge in [0.25, 0.3) is 0 Å². The summed E-state index contributed by atoms with van der Waals surface area (Å²) in [5.41, 5.74) is 0. The standard InChI is InChI=1S/C46H86N2O2/c1-6-9-11-13-15-17-19-21-23-25-27-29-31-33-35-37-39-42-45(50-46(49)48(5)44-40-43-47(4)8-3)41-38-36-34-32-30-28-26-24-22-20-18-16-14-12-10-7-2/h16-19,22-25,45H,6-15,20-21,26-44H2,1-5H3. The van der Waals surface area contributed by atoms with Crippen LogP contribution in [0.15, 0.2) is 48.6 Å². The first kappa shape index (κ1) is 48.2. The van der Waals surface area contributed by atoms with Crippen molar-refractivity contribution in [3.05, 3.63) is 48.6 Å². The van der Waals surface area contributed by atoms with Gasteiger partial charge in [0.2, 0.25) is 0 Å². The minimum Gasteiger partial charge on any atom is -0.446 e. The van der Waals surface area contributed by atoms with E-state index in [9.17, 15) is 4.79 Å². The van der Waals surface area contributed by atoms with E-state index in [0.29, 0.717) is 0 Å². The van der Waals surface area contributed by atoms with Crippen LogP contribution in [-0.4, -0.2) is 55.7 Å². The van der Waals surface area contributed by atoms with Crippen molar-refractivity contribution >= 4 is 6.09 Å². The van der Waals surface area contributed by atoms with Gasteiger partial charge in [0, 0.05) is 13.6 Å². The van der Waals surface area contributed by atoms with E-state index in [4.69, 9.17) is 4.74 Å². The average Bonchev–Trinajstić information content (AvgIpc) is 3.12. The minimum absolute atomic E-state index is 0.0598. The van der Waals surface area contributed by atoms with E-state index in [1.807, 2.05) is 7.05 Å². The highest BCUT2D eigenvalue weighted by molar-refractivity contribution is 5.67. The SMILES string of the molecule is CCCCCC=CCC=CCCCCCCCCC(CCCCCCCCC=CCC=CCCCCCC)OC(=O)N(C)CCCN(C)CC. The fourth-order valence-electron chi connectivity index (χ4n) is 6.22. The molecule has 0 saturated heterocycles. The molecule has 1 amide bonds. The van der Waals surface area contributed by atoms with Gasteiger partial charge in [-0.3, -0.25) is 0 Å². The Labute approximate surface area is 313 Å². The predicted octanol–water partition coefficient (Wildman–Crippen LogP) is 14.6. The van der Waals surface area contributed by atoms with Crippen molar-refractivity contribution in [2.45, 2.75) is 207 Å². The van der Waals surface area contributed by atoms with E-state index >= 15 is 0 Å². The zero-order valence-corrected chi connectivity index (χ0v) is 34.3. The summed E-state index contributed by atoms with van der Waals surface area (Å²) in [6.45, 7) is 9.51. The van der Waals surface area contributed by atoms with Gasteiger partial charge in [0.15, 0.2) is 0 Å². The summed E-state index contributed by atoms with van der Waals surface area (Å²) in [5, 5.41) is 0. The van der Waals surface area contributed by atoms with Crippen LogP contribution in [0.5, 0.6) is 0 Å². The lowest BCUT2D eigenvalue weighted by atomic mass is 10.0. The third kappa shape index (κ3) is 36.0. The molecule has 4 heteroatoms. The predicted molar refractivity (Wildman–Crippen MR) is 223 cm³/mol. The Morgan fingerprint density at radius 2 is 0.860 bits per heavy atom.